The molecule has 0 bridgehead atoms. The summed E-state index contributed by atoms with van der Waals surface area (Å²) in [4.78, 5) is 27.8. The highest BCUT2D eigenvalue weighted by Crippen LogP contribution is 2.27. The van der Waals surface area contributed by atoms with Crippen molar-refractivity contribution in [3.8, 4) is 11.3 Å². The number of benzene rings is 2. The van der Waals surface area contributed by atoms with E-state index in [9.17, 15) is 9.59 Å². The molecular weight excluding hydrogens is 352 g/mol. The van der Waals surface area contributed by atoms with Crippen molar-refractivity contribution >= 4 is 22.6 Å². The van der Waals surface area contributed by atoms with Crippen molar-refractivity contribution in [1.29, 1.82) is 0 Å². The molecule has 4 rings (SSSR count). The van der Waals surface area contributed by atoms with Gasteiger partial charge in [0.05, 0.1) is 5.69 Å². The van der Waals surface area contributed by atoms with Gasteiger partial charge in [-0.3, -0.25) is 9.59 Å². The van der Waals surface area contributed by atoms with E-state index in [4.69, 9.17) is 0 Å². The first-order valence-corrected chi connectivity index (χ1v) is 9.42. The van der Waals surface area contributed by atoms with E-state index in [1.165, 1.54) is 0 Å². The summed E-state index contributed by atoms with van der Waals surface area (Å²) < 4.78 is 0. The van der Waals surface area contributed by atoms with Crippen LogP contribution in [0.5, 0.6) is 0 Å². The van der Waals surface area contributed by atoms with Gasteiger partial charge < -0.3 is 9.80 Å². The van der Waals surface area contributed by atoms with Crippen LogP contribution in [0.4, 0.5) is 0 Å². The fourth-order valence-corrected chi connectivity index (χ4v) is 3.63. The lowest BCUT2D eigenvalue weighted by Gasteiger charge is -2.34. The maximum Gasteiger partial charge on any atom is 0.253 e. The molecule has 1 aliphatic heterocycles. The highest BCUT2D eigenvalue weighted by molar-refractivity contribution is 5.97. The SMILES string of the molecule is CC(=O)N1CCN(C(=O)c2ccc(-c3nnc(C)c4ccccc34)cc2)CC1. The molecule has 1 aromatic heterocycles. The van der Waals surface area contributed by atoms with Crippen molar-refractivity contribution in [2.45, 2.75) is 13.8 Å². The third kappa shape index (κ3) is 3.33. The first-order valence-electron chi connectivity index (χ1n) is 9.42. The molecule has 28 heavy (non-hydrogen) atoms. The number of carbonyl (C=O) groups is 2. The predicted molar refractivity (Wildman–Crippen MR) is 108 cm³/mol. The van der Waals surface area contributed by atoms with Crippen molar-refractivity contribution in [3.05, 3.63) is 59.8 Å². The molecule has 2 aromatic carbocycles. The zero-order chi connectivity index (χ0) is 19.7. The van der Waals surface area contributed by atoms with Gasteiger partial charge >= 0.3 is 0 Å². The molecule has 0 unspecified atom stereocenters. The normalized spacial score (nSPS) is 14.4. The Bertz CT molecular complexity index is 1040. The van der Waals surface area contributed by atoms with Crippen molar-refractivity contribution in [2.24, 2.45) is 0 Å². The summed E-state index contributed by atoms with van der Waals surface area (Å²) in [5.74, 6) is 0.0532. The summed E-state index contributed by atoms with van der Waals surface area (Å²) in [7, 11) is 0. The number of piperazine rings is 1. The molecule has 1 aliphatic rings. The maximum absolute atomic E-state index is 12.8. The van der Waals surface area contributed by atoms with Gasteiger partial charge in [0.1, 0.15) is 5.69 Å². The minimum atomic E-state index is -0.00500. The number of aromatic nitrogens is 2. The quantitative estimate of drug-likeness (QED) is 0.692. The molecule has 0 N–H and O–H groups in total. The second-order valence-corrected chi connectivity index (χ2v) is 7.06. The first kappa shape index (κ1) is 18.1. The maximum atomic E-state index is 12.8. The van der Waals surface area contributed by atoms with Crippen molar-refractivity contribution in [3.63, 3.8) is 0 Å². The van der Waals surface area contributed by atoms with Crippen LogP contribution in [-0.2, 0) is 4.79 Å². The largest absolute Gasteiger partial charge is 0.339 e. The second kappa shape index (κ2) is 7.38. The minimum Gasteiger partial charge on any atom is -0.339 e. The smallest absolute Gasteiger partial charge is 0.253 e. The third-order valence-electron chi connectivity index (χ3n) is 5.29. The topological polar surface area (TPSA) is 66.4 Å². The Hall–Kier alpha value is -3.28. The fourth-order valence-electron chi connectivity index (χ4n) is 3.63. The average Bonchev–Trinajstić information content (AvgIpc) is 2.74. The van der Waals surface area contributed by atoms with Gasteiger partial charge in [0.25, 0.3) is 5.91 Å². The predicted octanol–water partition coefficient (Wildman–Crippen LogP) is 2.91. The number of rotatable bonds is 2. The van der Waals surface area contributed by atoms with Gasteiger partial charge in [-0.1, -0.05) is 36.4 Å². The van der Waals surface area contributed by atoms with Crippen LogP contribution >= 0.6 is 0 Å². The summed E-state index contributed by atoms with van der Waals surface area (Å²) in [6.45, 7) is 5.82. The van der Waals surface area contributed by atoms with E-state index in [1.807, 2.05) is 55.5 Å². The molecule has 2 amide bonds. The zero-order valence-electron chi connectivity index (χ0n) is 16.1. The molecule has 1 saturated heterocycles. The van der Waals surface area contributed by atoms with Gasteiger partial charge in [-0.25, -0.2) is 0 Å². The molecular formula is C22H22N4O2. The van der Waals surface area contributed by atoms with Gasteiger partial charge in [0.15, 0.2) is 0 Å². The van der Waals surface area contributed by atoms with E-state index >= 15 is 0 Å². The standard InChI is InChI=1S/C22H22N4O2/c1-15-19-5-3-4-6-20(19)21(24-23-15)17-7-9-18(10-8-17)22(28)26-13-11-25(12-14-26)16(2)27/h3-10H,11-14H2,1-2H3. The molecule has 0 radical (unpaired) electrons. The van der Waals surface area contributed by atoms with Crippen molar-refractivity contribution in [1.82, 2.24) is 20.0 Å². The lowest BCUT2D eigenvalue weighted by Crippen LogP contribution is -2.50. The van der Waals surface area contributed by atoms with E-state index in [0.29, 0.717) is 31.7 Å². The Morgan fingerprint density at radius 1 is 0.821 bits per heavy atom. The molecule has 0 spiro atoms. The Balaban J connectivity index is 1.56. The third-order valence-corrected chi connectivity index (χ3v) is 5.29. The lowest BCUT2D eigenvalue weighted by atomic mass is 10.0. The van der Waals surface area contributed by atoms with Gasteiger partial charge in [0, 0.05) is 55.0 Å². The Morgan fingerprint density at radius 3 is 2.07 bits per heavy atom. The van der Waals surface area contributed by atoms with Crippen LogP contribution < -0.4 is 0 Å². The van der Waals surface area contributed by atoms with Gasteiger partial charge in [-0.15, -0.1) is 5.10 Å². The second-order valence-electron chi connectivity index (χ2n) is 7.06. The summed E-state index contributed by atoms with van der Waals surface area (Å²) in [5, 5.41) is 10.8. The van der Waals surface area contributed by atoms with Gasteiger partial charge in [0.2, 0.25) is 5.91 Å². The van der Waals surface area contributed by atoms with Crippen molar-refractivity contribution < 1.29 is 9.59 Å². The summed E-state index contributed by atoms with van der Waals surface area (Å²) >= 11 is 0. The fraction of sp³-hybridized carbons (Fsp3) is 0.273. The number of amides is 2. The van der Waals surface area contributed by atoms with Crippen LogP contribution in [-0.4, -0.2) is 58.0 Å². The molecule has 6 heteroatoms. The zero-order valence-corrected chi connectivity index (χ0v) is 16.1. The summed E-state index contributed by atoms with van der Waals surface area (Å²) in [6, 6.07) is 15.6. The van der Waals surface area contributed by atoms with Crippen LogP contribution in [0.15, 0.2) is 48.5 Å². The molecule has 0 saturated carbocycles. The summed E-state index contributed by atoms with van der Waals surface area (Å²) in [5.41, 5.74) is 3.29. The van der Waals surface area contributed by atoms with Gasteiger partial charge in [-0.05, 0) is 19.1 Å². The Labute approximate surface area is 163 Å². The molecule has 1 fully saturated rings. The van der Waals surface area contributed by atoms with Crippen LogP contribution in [0.3, 0.4) is 0 Å². The number of aryl methyl sites for hydroxylation is 1. The highest BCUT2D eigenvalue weighted by atomic mass is 16.2. The van der Waals surface area contributed by atoms with Crippen molar-refractivity contribution in [2.75, 3.05) is 26.2 Å². The minimum absolute atomic E-state index is 0.00500. The Kier molecular flexibility index (Phi) is 4.77. The number of carbonyl (C=O) groups excluding carboxylic acids is 2. The van der Waals surface area contributed by atoms with Crippen LogP contribution in [0, 0.1) is 6.92 Å². The lowest BCUT2D eigenvalue weighted by molar-refractivity contribution is -0.130. The first-order chi connectivity index (χ1) is 13.5. The number of hydrogen-bond acceptors (Lipinski definition) is 4. The number of hydrogen-bond donors (Lipinski definition) is 0. The molecule has 6 nitrogen and oxygen atoms in total. The van der Waals surface area contributed by atoms with Gasteiger partial charge in [-0.2, -0.15) is 5.10 Å². The van der Waals surface area contributed by atoms with Crippen LogP contribution in [0.25, 0.3) is 22.0 Å². The average molecular weight is 374 g/mol. The van der Waals surface area contributed by atoms with E-state index < -0.39 is 0 Å². The van der Waals surface area contributed by atoms with E-state index in [2.05, 4.69) is 10.2 Å². The molecule has 3 aromatic rings. The number of fused-ring (bicyclic) bond motifs is 1. The highest BCUT2D eigenvalue weighted by Gasteiger charge is 2.23. The monoisotopic (exact) mass is 374 g/mol. The van der Waals surface area contributed by atoms with E-state index in [-0.39, 0.29) is 11.8 Å². The van der Waals surface area contributed by atoms with Crippen LogP contribution in [0.1, 0.15) is 23.0 Å². The van der Waals surface area contributed by atoms with E-state index in [0.717, 1.165) is 27.7 Å². The van der Waals surface area contributed by atoms with Crippen LogP contribution in [0.2, 0.25) is 0 Å². The number of nitrogens with zero attached hydrogens (tertiary/aromatic N) is 4. The summed E-state index contributed by atoms with van der Waals surface area (Å²) in [6.07, 6.45) is 0. The molecule has 2 heterocycles. The van der Waals surface area contributed by atoms with E-state index in [1.54, 1.807) is 16.7 Å². The molecule has 142 valence electrons. The molecule has 0 atom stereocenters. The Morgan fingerprint density at radius 2 is 1.43 bits per heavy atom. The molecule has 0 aliphatic carbocycles.